The SMILES string of the molecule is O=C=NCCC1CCCCC1C(F)F. The molecule has 0 radical (unpaired) electrons. The van der Waals surface area contributed by atoms with Gasteiger partial charge in [0.15, 0.2) is 0 Å². The number of hydrogen-bond acceptors (Lipinski definition) is 2. The minimum absolute atomic E-state index is 0.0425. The average molecular weight is 203 g/mol. The first-order valence-corrected chi connectivity index (χ1v) is 5.07. The third kappa shape index (κ3) is 3.18. The Morgan fingerprint density at radius 1 is 1.36 bits per heavy atom. The maximum absolute atomic E-state index is 12.6. The monoisotopic (exact) mass is 203 g/mol. The molecule has 0 saturated heterocycles. The van der Waals surface area contributed by atoms with E-state index in [4.69, 9.17) is 0 Å². The summed E-state index contributed by atoms with van der Waals surface area (Å²) in [6.45, 7) is 0.345. The lowest BCUT2D eigenvalue weighted by atomic mass is 9.78. The van der Waals surface area contributed by atoms with Crippen LogP contribution in [0.3, 0.4) is 0 Å². The largest absolute Gasteiger partial charge is 0.241 e. The summed E-state index contributed by atoms with van der Waals surface area (Å²) >= 11 is 0. The lowest BCUT2D eigenvalue weighted by Crippen LogP contribution is -2.26. The highest BCUT2D eigenvalue weighted by Crippen LogP contribution is 2.36. The summed E-state index contributed by atoms with van der Waals surface area (Å²) in [5, 5.41) is 0. The van der Waals surface area contributed by atoms with E-state index in [1.165, 1.54) is 6.08 Å². The van der Waals surface area contributed by atoms with E-state index in [9.17, 15) is 13.6 Å². The van der Waals surface area contributed by atoms with Crippen LogP contribution in [-0.4, -0.2) is 19.1 Å². The molecule has 14 heavy (non-hydrogen) atoms. The van der Waals surface area contributed by atoms with E-state index >= 15 is 0 Å². The minimum atomic E-state index is -2.22. The number of nitrogens with zero attached hydrogens (tertiary/aromatic N) is 1. The van der Waals surface area contributed by atoms with Gasteiger partial charge >= 0.3 is 0 Å². The molecule has 0 aliphatic heterocycles. The average Bonchev–Trinajstić information content (AvgIpc) is 2.19. The quantitative estimate of drug-likeness (QED) is 0.510. The lowest BCUT2D eigenvalue weighted by molar-refractivity contribution is 0.0194. The third-order valence-corrected chi connectivity index (χ3v) is 2.97. The van der Waals surface area contributed by atoms with Gasteiger partial charge in [0, 0.05) is 5.92 Å². The van der Waals surface area contributed by atoms with Gasteiger partial charge in [-0.05, 0) is 25.2 Å². The molecule has 2 unspecified atom stereocenters. The Balaban J connectivity index is 2.41. The van der Waals surface area contributed by atoms with Gasteiger partial charge in [-0.3, -0.25) is 0 Å². The van der Waals surface area contributed by atoms with Gasteiger partial charge < -0.3 is 0 Å². The van der Waals surface area contributed by atoms with E-state index in [-0.39, 0.29) is 5.92 Å². The number of halogens is 2. The molecular weight excluding hydrogens is 188 g/mol. The fourth-order valence-corrected chi connectivity index (χ4v) is 2.20. The summed E-state index contributed by atoms with van der Waals surface area (Å²) in [4.78, 5) is 13.2. The highest BCUT2D eigenvalue weighted by atomic mass is 19.3. The molecular formula is C10H15F2NO. The van der Waals surface area contributed by atoms with Gasteiger partial charge in [-0.25, -0.2) is 18.6 Å². The van der Waals surface area contributed by atoms with Gasteiger partial charge in [-0.15, -0.1) is 0 Å². The molecule has 0 bridgehead atoms. The van der Waals surface area contributed by atoms with E-state index < -0.39 is 12.3 Å². The molecule has 2 nitrogen and oxygen atoms in total. The second-order valence-electron chi connectivity index (χ2n) is 3.80. The van der Waals surface area contributed by atoms with Crippen LogP contribution in [-0.2, 0) is 4.79 Å². The summed E-state index contributed by atoms with van der Waals surface area (Å²) in [7, 11) is 0. The molecule has 1 saturated carbocycles. The smallest absolute Gasteiger partial charge is 0.211 e. The lowest BCUT2D eigenvalue weighted by Gasteiger charge is -2.30. The minimum Gasteiger partial charge on any atom is -0.211 e. The van der Waals surface area contributed by atoms with Crippen LogP contribution in [0.4, 0.5) is 8.78 Å². The van der Waals surface area contributed by atoms with Crippen LogP contribution >= 0.6 is 0 Å². The zero-order chi connectivity index (χ0) is 10.4. The Labute approximate surface area is 82.4 Å². The van der Waals surface area contributed by atoms with Gasteiger partial charge in [0.1, 0.15) is 0 Å². The molecule has 0 aromatic carbocycles. The normalized spacial score (nSPS) is 27.4. The van der Waals surface area contributed by atoms with Crippen molar-refractivity contribution in [1.82, 2.24) is 0 Å². The third-order valence-electron chi connectivity index (χ3n) is 2.97. The molecule has 0 aromatic heterocycles. The van der Waals surface area contributed by atoms with Crippen molar-refractivity contribution < 1.29 is 13.6 Å². The van der Waals surface area contributed by atoms with Crippen LogP contribution in [0.2, 0.25) is 0 Å². The van der Waals surface area contributed by atoms with Crippen molar-refractivity contribution in [3.63, 3.8) is 0 Å². The maximum atomic E-state index is 12.6. The molecule has 2 atom stereocenters. The zero-order valence-electron chi connectivity index (χ0n) is 8.09. The predicted octanol–water partition coefficient (Wildman–Crippen LogP) is 2.78. The van der Waals surface area contributed by atoms with Crippen LogP contribution in [0, 0.1) is 11.8 Å². The second kappa shape index (κ2) is 5.86. The number of carbonyl (C=O) groups excluding carboxylic acids is 1. The van der Waals surface area contributed by atoms with Crippen molar-refractivity contribution in [2.75, 3.05) is 6.54 Å². The summed E-state index contributed by atoms with van der Waals surface area (Å²) in [6.07, 6.45) is 3.22. The van der Waals surface area contributed by atoms with Gasteiger partial charge in [0.05, 0.1) is 6.54 Å². The molecule has 0 spiro atoms. The van der Waals surface area contributed by atoms with Crippen LogP contribution in [0.25, 0.3) is 0 Å². The predicted molar refractivity (Wildman–Crippen MR) is 49.1 cm³/mol. The topological polar surface area (TPSA) is 29.4 Å². The van der Waals surface area contributed by atoms with Gasteiger partial charge in [-0.2, -0.15) is 0 Å². The van der Waals surface area contributed by atoms with Gasteiger partial charge in [0.25, 0.3) is 0 Å². The molecule has 0 N–H and O–H groups in total. The van der Waals surface area contributed by atoms with Crippen LogP contribution in [0.15, 0.2) is 4.99 Å². The van der Waals surface area contributed by atoms with Crippen LogP contribution in [0.5, 0.6) is 0 Å². The molecule has 1 fully saturated rings. The number of isocyanates is 1. The molecule has 0 heterocycles. The number of rotatable bonds is 4. The molecule has 0 aromatic rings. The molecule has 1 aliphatic rings. The van der Waals surface area contributed by atoms with Crippen molar-refractivity contribution in [2.24, 2.45) is 16.8 Å². The summed E-state index contributed by atoms with van der Waals surface area (Å²) in [6, 6.07) is 0. The Morgan fingerprint density at radius 3 is 2.71 bits per heavy atom. The maximum Gasteiger partial charge on any atom is 0.241 e. The fourth-order valence-electron chi connectivity index (χ4n) is 2.20. The Bertz CT molecular complexity index is 214. The second-order valence-corrected chi connectivity index (χ2v) is 3.80. The van der Waals surface area contributed by atoms with Crippen LogP contribution in [0.1, 0.15) is 32.1 Å². The Morgan fingerprint density at radius 2 is 2.07 bits per heavy atom. The summed E-state index contributed by atoms with van der Waals surface area (Å²) in [5.74, 6) is -0.438. The molecule has 1 aliphatic carbocycles. The Kier molecular flexibility index (Phi) is 4.74. The first kappa shape index (κ1) is 11.3. The van der Waals surface area contributed by atoms with Crippen LogP contribution < -0.4 is 0 Å². The standard InChI is InChI=1S/C10H15F2NO/c11-10(12)9-4-2-1-3-8(9)5-6-13-7-14/h8-10H,1-6H2. The van der Waals surface area contributed by atoms with E-state index in [1.807, 2.05) is 0 Å². The first-order chi connectivity index (χ1) is 6.75. The van der Waals surface area contributed by atoms with E-state index in [2.05, 4.69) is 4.99 Å². The fraction of sp³-hybridized carbons (Fsp3) is 0.900. The van der Waals surface area contributed by atoms with Crippen molar-refractivity contribution in [1.29, 1.82) is 0 Å². The van der Waals surface area contributed by atoms with E-state index in [0.29, 0.717) is 19.4 Å². The highest BCUT2D eigenvalue weighted by Gasteiger charge is 2.31. The Hall–Kier alpha value is -0.760. The van der Waals surface area contributed by atoms with Crippen molar-refractivity contribution in [3.05, 3.63) is 0 Å². The summed E-state index contributed by atoms with van der Waals surface area (Å²) in [5.41, 5.74) is 0. The van der Waals surface area contributed by atoms with Crippen molar-refractivity contribution in [2.45, 2.75) is 38.5 Å². The number of aliphatic imine (C=N–C) groups is 1. The zero-order valence-corrected chi connectivity index (χ0v) is 8.09. The molecule has 80 valence electrons. The molecule has 4 heteroatoms. The molecule has 0 amide bonds. The van der Waals surface area contributed by atoms with E-state index in [0.717, 1.165) is 19.3 Å². The highest BCUT2D eigenvalue weighted by molar-refractivity contribution is 5.32. The van der Waals surface area contributed by atoms with Crippen molar-refractivity contribution >= 4 is 6.08 Å². The van der Waals surface area contributed by atoms with Gasteiger partial charge in [-0.1, -0.05) is 12.8 Å². The number of hydrogen-bond donors (Lipinski definition) is 0. The first-order valence-electron chi connectivity index (χ1n) is 5.07. The molecule has 1 rings (SSSR count). The van der Waals surface area contributed by atoms with Crippen molar-refractivity contribution in [3.8, 4) is 0 Å². The van der Waals surface area contributed by atoms with E-state index in [1.54, 1.807) is 0 Å². The van der Waals surface area contributed by atoms with Gasteiger partial charge in [0.2, 0.25) is 12.5 Å². The number of alkyl halides is 2. The summed E-state index contributed by atoms with van der Waals surface area (Å²) < 4.78 is 25.1.